The van der Waals surface area contributed by atoms with Crippen LogP contribution in [0.3, 0.4) is 0 Å². The first-order valence-electron chi connectivity index (χ1n) is 4.84. The number of fused-ring (bicyclic) bond motifs is 1. The van der Waals surface area contributed by atoms with Gasteiger partial charge in [0.2, 0.25) is 0 Å². The number of piperidine rings is 1. The fourth-order valence-electron chi connectivity index (χ4n) is 2.44. The van der Waals surface area contributed by atoms with Gasteiger partial charge in [-0.05, 0) is 19.8 Å². The number of hydrogen-bond donors (Lipinski definition) is 1. The zero-order chi connectivity index (χ0) is 7.68. The Morgan fingerprint density at radius 2 is 2.27 bits per heavy atom. The molecule has 0 saturated carbocycles. The monoisotopic (exact) mass is 154 g/mol. The highest BCUT2D eigenvalue weighted by molar-refractivity contribution is 4.86. The molecule has 2 aliphatic rings. The zero-order valence-electron chi connectivity index (χ0n) is 7.34. The Bertz CT molecular complexity index is 134. The van der Waals surface area contributed by atoms with Crippen molar-refractivity contribution in [1.29, 1.82) is 0 Å². The fourth-order valence-corrected chi connectivity index (χ4v) is 2.44. The number of hydrogen-bond acceptors (Lipinski definition) is 2. The van der Waals surface area contributed by atoms with E-state index in [0.29, 0.717) is 0 Å². The molecule has 0 aliphatic carbocycles. The molecule has 0 aromatic rings. The third-order valence-electron chi connectivity index (χ3n) is 3.12. The fraction of sp³-hybridized carbons (Fsp3) is 1.00. The van der Waals surface area contributed by atoms with Crippen molar-refractivity contribution in [3.8, 4) is 0 Å². The normalized spacial score (nSPS) is 40.1. The van der Waals surface area contributed by atoms with Gasteiger partial charge in [0.15, 0.2) is 0 Å². The maximum atomic E-state index is 3.46. The molecule has 2 heterocycles. The first kappa shape index (κ1) is 7.56. The summed E-state index contributed by atoms with van der Waals surface area (Å²) in [5, 5.41) is 3.46. The van der Waals surface area contributed by atoms with Crippen LogP contribution in [0.5, 0.6) is 0 Å². The smallest absolute Gasteiger partial charge is 0.0224 e. The SMILES string of the molecule is C[C@@H]1CCC[C@H]2CNCCN21. The first-order valence-corrected chi connectivity index (χ1v) is 4.84. The lowest BCUT2D eigenvalue weighted by molar-refractivity contribution is 0.0717. The lowest BCUT2D eigenvalue weighted by Crippen LogP contribution is -2.56. The molecular weight excluding hydrogens is 136 g/mol. The summed E-state index contributed by atoms with van der Waals surface area (Å²) in [6, 6.07) is 1.70. The predicted octanol–water partition coefficient (Wildman–Crippen LogP) is 0.833. The van der Waals surface area contributed by atoms with Gasteiger partial charge in [-0.1, -0.05) is 6.42 Å². The third kappa shape index (κ3) is 1.42. The predicted molar refractivity (Wildman–Crippen MR) is 46.7 cm³/mol. The van der Waals surface area contributed by atoms with Crippen LogP contribution in [-0.4, -0.2) is 36.6 Å². The van der Waals surface area contributed by atoms with Gasteiger partial charge < -0.3 is 5.32 Å². The zero-order valence-corrected chi connectivity index (χ0v) is 7.34. The molecule has 0 aromatic heterocycles. The van der Waals surface area contributed by atoms with E-state index < -0.39 is 0 Å². The van der Waals surface area contributed by atoms with Crippen molar-refractivity contribution in [2.24, 2.45) is 0 Å². The molecule has 11 heavy (non-hydrogen) atoms. The Morgan fingerprint density at radius 1 is 1.36 bits per heavy atom. The van der Waals surface area contributed by atoms with Crippen LogP contribution in [0, 0.1) is 0 Å². The molecule has 2 atom stereocenters. The summed E-state index contributed by atoms with van der Waals surface area (Å²) < 4.78 is 0. The maximum Gasteiger partial charge on any atom is 0.0224 e. The van der Waals surface area contributed by atoms with Gasteiger partial charge in [-0.2, -0.15) is 0 Å². The maximum absolute atomic E-state index is 3.46. The summed E-state index contributed by atoms with van der Waals surface area (Å²) >= 11 is 0. The highest BCUT2D eigenvalue weighted by Crippen LogP contribution is 2.23. The molecule has 64 valence electrons. The summed E-state index contributed by atoms with van der Waals surface area (Å²) in [5.41, 5.74) is 0. The molecular formula is C9H18N2. The molecule has 0 unspecified atom stereocenters. The van der Waals surface area contributed by atoms with E-state index >= 15 is 0 Å². The second-order valence-corrected chi connectivity index (χ2v) is 3.88. The lowest BCUT2D eigenvalue weighted by atomic mass is 9.95. The minimum atomic E-state index is 0.843. The van der Waals surface area contributed by atoms with Gasteiger partial charge >= 0.3 is 0 Å². The summed E-state index contributed by atoms with van der Waals surface area (Å²) in [7, 11) is 0. The van der Waals surface area contributed by atoms with Crippen molar-refractivity contribution in [3.05, 3.63) is 0 Å². The average molecular weight is 154 g/mol. The molecule has 2 saturated heterocycles. The number of nitrogens with zero attached hydrogens (tertiary/aromatic N) is 1. The summed E-state index contributed by atoms with van der Waals surface area (Å²) in [6.45, 7) is 6.06. The molecule has 2 nitrogen and oxygen atoms in total. The molecule has 0 spiro atoms. The van der Waals surface area contributed by atoms with Gasteiger partial charge in [-0.15, -0.1) is 0 Å². The van der Waals surface area contributed by atoms with E-state index in [4.69, 9.17) is 0 Å². The van der Waals surface area contributed by atoms with E-state index in [2.05, 4.69) is 17.1 Å². The van der Waals surface area contributed by atoms with Crippen molar-refractivity contribution < 1.29 is 0 Å². The molecule has 2 aliphatic heterocycles. The second kappa shape index (κ2) is 3.11. The minimum absolute atomic E-state index is 0.843. The summed E-state index contributed by atoms with van der Waals surface area (Å²) in [5.74, 6) is 0. The van der Waals surface area contributed by atoms with Gasteiger partial charge in [0, 0.05) is 31.7 Å². The molecule has 2 fully saturated rings. The van der Waals surface area contributed by atoms with Crippen molar-refractivity contribution >= 4 is 0 Å². The Morgan fingerprint density at radius 3 is 3.09 bits per heavy atom. The Balaban J connectivity index is 1.99. The van der Waals surface area contributed by atoms with Crippen LogP contribution in [-0.2, 0) is 0 Å². The van der Waals surface area contributed by atoms with Crippen LogP contribution < -0.4 is 5.32 Å². The highest BCUT2D eigenvalue weighted by Gasteiger charge is 2.29. The van der Waals surface area contributed by atoms with Crippen LogP contribution in [0.15, 0.2) is 0 Å². The van der Waals surface area contributed by atoms with Crippen LogP contribution in [0.1, 0.15) is 26.2 Å². The van der Waals surface area contributed by atoms with E-state index in [0.717, 1.165) is 12.1 Å². The van der Waals surface area contributed by atoms with E-state index in [1.165, 1.54) is 38.9 Å². The molecule has 0 radical (unpaired) electrons. The quantitative estimate of drug-likeness (QED) is 0.556. The third-order valence-corrected chi connectivity index (χ3v) is 3.12. The lowest BCUT2D eigenvalue weighted by Gasteiger charge is -2.43. The average Bonchev–Trinajstić information content (AvgIpc) is 2.06. The van der Waals surface area contributed by atoms with Crippen molar-refractivity contribution in [2.45, 2.75) is 38.3 Å². The molecule has 0 bridgehead atoms. The standard InChI is InChI=1S/C9H18N2/c1-8-3-2-4-9-7-10-5-6-11(8)9/h8-10H,2-7H2,1H3/t8-,9+/m1/s1. The van der Waals surface area contributed by atoms with E-state index in [1.54, 1.807) is 0 Å². The van der Waals surface area contributed by atoms with Crippen LogP contribution in [0.4, 0.5) is 0 Å². The molecule has 0 amide bonds. The summed E-state index contributed by atoms with van der Waals surface area (Å²) in [4.78, 5) is 2.68. The Labute approximate surface area is 69.0 Å². The Hall–Kier alpha value is -0.0800. The number of rotatable bonds is 0. The molecule has 0 aromatic carbocycles. The largest absolute Gasteiger partial charge is 0.314 e. The van der Waals surface area contributed by atoms with Crippen LogP contribution in [0.2, 0.25) is 0 Å². The van der Waals surface area contributed by atoms with E-state index in [-0.39, 0.29) is 0 Å². The topological polar surface area (TPSA) is 15.3 Å². The number of piperazine rings is 1. The van der Waals surface area contributed by atoms with Crippen molar-refractivity contribution in [2.75, 3.05) is 19.6 Å². The Kier molecular flexibility index (Phi) is 2.14. The second-order valence-electron chi connectivity index (χ2n) is 3.88. The summed E-state index contributed by atoms with van der Waals surface area (Å²) in [6.07, 6.45) is 4.26. The van der Waals surface area contributed by atoms with Crippen molar-refractivity contribution in [3.63, 3.8) is 0 Å². The molecule has 1 N–H and O–H groups in total. The van der Waals surface area contributed by atoms with Crippen LogP contribution >= 0.6 is 0 Å². The van der Waals surface area contributed by atoms with Gasteiger partial charge in [0.25, 0.3) is 0 Å². The minimum Gasteiger partial charge on any atom is -0.314 e. The number of nitrogens with one attached hydrogen (secondary N) is 1. The van der Waals surface area contributed by atoms with Gasteiger partial charge in [0.1, 0.15) is 0 Å². The highest BCUT2D eigenvalue weighted by atomic mass is 15.2. The first-order chi connectivity index (χ1) is 5.38. The molecule has 2 heteroatoms. The van der Waals surface area contributed by atoms with Gasteiger partial charge in [-0.3, -0.25) is 4.90 Å². The van der Waals surface area contributed by atoms with Crippen LogP contribution in [0.25, 0.3) is 0 Å². The van der Waals surface area contributed by atoms with E-state index in [9.17, 15) is 0 Å². The van der Waals surface area contributed by atoms with Crippen molar-refractivity contribution in [1.82, 2.24) is 10.2 Å². The van der Waals surface area contributed by atoms with Gasteiger partial charge in [0.05, 0.1) is 0 Å². The molecule has 2 rings (SSSR count). The van der Waals surface area contributed by atoms with E-state index in [1.807, 2.05) is 0 Å². The van der Waals surface area contributed by atoms with Gasteiger partial charge in [-0.25, -0.2) is 0 Å².